The molecule has 2 rings (SSSR count). The summed E-state index contributed by atoms with van der Waals surface area (Å²) in [5.41, 5.74) is 0. The Morgan fingerprint density at radius 2 is 1.67 bits per heavy atom. The summed E-state index contributed by atoms with van der Waals surface area (Å²) >= 11 is 0. The molecule has 0 nitrogen and oxygen atoms in total. The summed E-state index contributed by atoms with van der Waals surface area (Å²) in [6, 6.07) is 0. The highest BCUT2D eigenvalue weighted by molar-refractivity contribution is 4.84. The van der Waals surface area contributed by atoms with Gasteiger partial charge in [-0.2, -0.15) is 0 Å². The molecular formula is C12H22. The fourth-order valence-corrected chi connectivity index (χ4v) is 3.58. The predicted molar refractivity (Wildman–Crippen MR) is 53.1 cm³/mol. The smallest absolute Gasteiger partial charge is 0.0358 e. The average molecular weight is 166 g/mol. The minimum atomic E-state index is 1.10. The number of fused-ring (bicyclic) bond motifs is 1. The molecule has 0 aromatic heterocycles. The van der Waals surface area contributed by atoms with Gasteiger partial charge in [-0.3, -0.25) is 0 Å². The van der Waals surface area contributed by atoms with Crippen LogP contribution >= 0.6 is 0 Å². The van der Waals surface area contributed by atoms with Crippen LogP contribution in [-0.4, -0.2) is 0 Å². The minimum Gasteiger partial charge on any atom is -0.0651 e. The molecule has 0 aromatic carbocycles. The first-order valence-corrected chi connectivity index (χ1v) is 5.92. The molecule has 0 aromatic rings. The molecule has 0 radical (unpaired) electrons. The van der Waals surface area contributed by atoms with E-state index in [2.05, 4.69) is 6.92 Å². The van der Waals surface area contributed by atoms with Crippen molar-refractivity contribution in [1.29, 1.82) is 0 Å². The molecule has 70 valence electrons. The minimum absolute atomic E-state index is 1.10. The molecule has 0 heterocycles. The largest absolute Gasteiger partial charge is 0.0651 e. The van der Waals surface area contributed by atoms with Crippen LogP contribution < -0.4 is 0 Å². The van der Waals surface area contributed by atoms with E-state index in [9.17, 15) is 0 Å². The monoisotopic (exact) mass is 166 g/mol. The van der Waals surface area contributed by atoms with Gasteiger partial charge in [-0.1, -0.05) is 51.9 Å². The molecular weight excluding hydrogens is 144 g/mol. The second-order valence-corrected chi connectivity index (χ2v) is 4.81. The Kier molecular flexibility index (Phi) is 2.73. The maximum atomic E-state index is 2.39. The van der Waals surface area contributed by atoms with Crippen LogP contribution in [0.5, 0.6) is 0 Å². The summed E-state index contributed by atoms with van der Waals surface area (Å²) in [4.78, 5) is 0. The van der Waals surface area contributed by atoms with Crippen molar-refractivity contribution >= 4 is 0 Å². The molecule has 0 saturated heterocycles. The van der Waals surface area contributed by atoms with Gasteiger partial charge in [-0.05, 0) is 24.2 Å². The third kappa shape index (κ3) is 1.53. The second-order valence-electron chi connectivity index (χ2n) is 4.81. The Morgan fingerprint density at radius 1 is 0.917 bits per heavy atom. The summed E-state index contributed by atoms with van der Waals surface area (Å²) < 4.78 is 0. The highest BCUT2D eigenvalue weighted by Gasteiger charge is 2.33. The summed E-state index contributed by atoms with van der Waals surface area (Å²) in [6.07, 6.45) is 12.2. The first-order valence-electron chi connectivity index (χ1n) is 5.92. The third-order valence-corrected chi connectivity index (χ3v) is 4.25. The van der Waals surface area contributed by atoms with E-state index in [0.29, 0.717) is 0 Å². The molecule has 0 aliphatic heterocycles. The Balaban J connectivity index is 1.99. The van der Waals surface area contributed by atoms with Crippen LogP contribution in [0.1, 0.15) is 58.3 Å². The summed E-state index contributed by atoms with van der Waals surface area (Å²) in [6.45, 7) is 2.39. The van der Waals surface area contributed by atoms with Gasteiger partial charge in [0.1, 0.15) is 0 Å². The maximum Gasteiger partial charge on any atom is -0.0358 e. The van der Waals surface area contributed by atoms with Crippen molar-refractivity contribution in [2.75, 3.05) is 0 Å². The van der Waals surface area contributed by atoms with E-state index in [-0.39, 0.29) is 0 Å². The van der Waals surface area contributed by atoms with Crippen molar-refractivity contribution in [2.45, 2.75) is 58.3 Å². The molecule has 0 bridgehead atoms. The average Bonchev–Trinajstić information content (AvgIpc) is 2.17. The fraction of sp³-hybridized carbons (Fsp3) is 1.00. The topological polar surface area (TPSA) is 0 Å². The van der Waals surface area contributed by atoms with E-state index in [1.165, 1.54) is 32.1 Å². The molecule has 0 N–H and O–H groups in total. The molecule has 0 amide bonds. The Labute approximate surface area is 76.7 Å². The molecule has 0 heteroatoms. The SMILES string of the molecule is CCC1CCCC2CCCC[C@@H]12. The van der Waals surface area contributed by atoms with Crippen LogP contribution in [0.15, 0.2) is 0 Å². The Bertz CT molecular complexity index is 130. The molecule has 2 unspecified atom stereocenters. The van der Waals surface area contributed by atoms with E-state index >= 15 is 0 Å². The van der Waals surface area contributed by atoms with E-state index in [1.807, 2.05) is 0 Å². The molecule has 2 aliphatic rings. The van der Waals surface area contributed by atoms with Crippen molar-refractivity contribution < 1.29 is 0 Å². The van der Waals surface area contributed by atoms with Gasteiger partial charge in [-0.25, -0.2) is 0 Å². The van der Waals surface area contributed by atoms with Crippen molar-refractivity contribution in [2.24, 2.45) is 17.8 Å². The number of rotatable bonds is 1. The lowest BCUT2D eigenvalue weighted by Crippen LogP contribution is -2.30. The second kappa shape index (κ2) is 3.81. The van der Waals surface area contributed by atoms with Crippen molar-refractivity contribution in [1.82, 2.24) is 0 Å². The van der Waals surface area contributed by atoms with Crippen LogP contribution in [0.4, 0.5) is 0 Å². The van der Waals surface area contributed by atoms with Gasteiger partial charge in [0.25, 0.3) is 0 Å². The van der Waals surface area contributed by atoms with Gasteiger partial charge >= 0.3 is 0 Å². The fourth-order valence-electron chi connectivity index (χ4n) is 3.58. The molecule has 12 heavy (non-hydrogen) atoms. The third-order valence-electron chi connectivity index (χ3n) is 4.25. The lowest BCUT2D eigenvalue weighted by molar-refractivity contribution is 0.101. The highest BCUT2D eigenvalue weighted by Crippen LogP contribution is 2.44. The molecule has 3 atom stereocenters. The standard InChI is InChI=1S/C12H22/c1-2-10-7-5-8-11-6-3-4-9-12(10)11/h10-12H,2-9H2,1H3/t10?,11?,12-/m0/s1. The predicted octanol–water partition coefficient (Wildman–Crippen LogP) is 4.00. The zero-order valence-corrected chi connectivity index (χ0v) is 8.39. The van der Waals surface area contributed by atoms with Crippen LogP contribution in [0.3, 0.4) is 0 Å². The van der Waals surface area contributed by atoms with Gasteiger partial charge < -0.3 is 0 Å². The number of hydrogen-bond acceptors (Lipinski definition) is 0. The van der Waals surface area contributed by atoms with Crippen LogP contribution in [0.2, 0.25) is 0 Å². The van der Waals surface area contributed by atoms with Crippen molar-refractivity contribution in [3.63, 3.8) is 0 Å². The highest BCUT2D eigenvalue weighted by atomic mass is 14.4. The lowest BCUT2D eigenvalue weighted by Gasteiger charge is -2.41. The van der Waals surface area contributed by atoms with Crippen LogP contribution in [-0.2, 0) is 0 Å². The van der Waals surface area contributed by atoms with E-state index < -0.39 is 0 Å². The van der Waals surface area contributed by atoms with Gasteiger partial charge in [0, 0.05) is 0 Å². The van der Waals surface area contributed by atoms with Gasteiger partial charge in [0.05, 0.1) is 0 Å². The van der Waals surface area contributed by atoms with Crippen LogP contribution in [0, 0.1) is 17.8 Å². The quantitative estimate of drug-likeness (QED) is 0.552. The molecule has 2 saturated carbocycles. The van der Waals surface area contributed by atoms with Gasteiger partial charge in [0.2, 0.25) is 0 Å². The molecule has 0 spiro atoms. The summed E-state index contributed by atoms with van der Waals surface area (Å²) in [5, 5.41) is 0. The Morgan fingerprint density at radius 3 is 2.50 bits per heavy atom. The van der Waals surface area contributed by atoms with Gasteiger partial charge in [-0.15, -0.1) is 0 Å². The van der Waals surface area contributed by atoms with Gasteiger partial charge in [0.15, 0.2) is 0 Å². The Hall–Kier alpha value is 0. The zero-order valence-electron chi connectivity index (χ0n) is 8.39. The number of hydrogen-bond donors (Lipinski definition) is 0. The normalized spacial score (nSPS) is 42.2. The van der Waals surface area contributed by atoms with E-state index in [0.717, 1.165) is 17.8 Å². The van der Waals surface area contributed by atoms with Crippen molar-refractivity contribution in [3.05, 3.63) is 0 Å². The zero-order chi connectivity index (χ0) is 8.39. The van der Waals surface area contributed by atoms with E-state index in [1.54, 1.807) is 19.3 Å². The summed E-state index contributed by atoms with van der Waals surface area (Å²) in [7, 11) is 0. The first kappa shape index (κ1) is 8.59. The molecule has 2 aliphatic carbocycles. The lowest BCUT2D eigenvalue weighted by atomic mass is 9.65. The first-order chi connectivity index (χ1) is 5.92. The van der Waals surface area contributed by atoms with Crippen LogP contribution in [0.25, 0.3) is 0 Å². The van der Waals surface area contributed by atoms with Crippen molar-refractivity contribution in [3.8, 4) is 0 Å². The summed E-state index contributed by atoms with van der Waals surface area (Å²) in [5.74, 6) is 3.37. The molecule has 2 fully saturated rings. The maximum absolute atomic E-state index is 2.39. The van der Waals surface area contributed by atoms with E-state index in [4.69, 9.17) is 0 Å².